The molecule has 174 valence electrons. The van der Waals surface area contributed by atoms with Crippen LogP contribution in [0.25, 0.3) is 0 Å². The van der Waals surface area contributed by atoms with Gasteiger partial charge in [0.25, 0.3) is 11.6 Å². The zero-order chi connectivity index (χ0) is 23.6. The average Bonchev–Trinajstić information content (AvgIpc) is 3.48. The summed E-state index contributed by atoms with van der Waals surface area (Å²) in [6, 6.07) is 3.97. The smallest absolute Gasteiger partial charge is 0.345 e. The Morgan fingerprint density at radius 1 is 1.15 bits per heavy atom. The van der Waals surface area contributed by atoms with Crippen LogP contribution in [-0.4, -0.2) is 86.0 Å². The molecule has 1 spiro atoms. The number of nitrogens with zero attached hydrogens (tertiary/aromatic N) is 7. The number of benzene rings is 1. The number of amides is 2. The van der Waals surface area contributed by atoms with Crippen molar-refractivity contribution in [2.24, 2.45) is 5.41 Å². The zero-order valence-corrected chi connectivity index (χ0v) is 18.0. The average molecular weight is 457 g/mol. The van der Waals surface area contributed by atoms with Gasteiger partial charge in [-0.15, -0.1) is 5.10 Å². The van der Waals surface area contributed by atoms with E-state index in [1.807, 2.05) is 0 Å². The van der Waals surface area contributed by atoms with Crippen molar-refractivity contribution in [1.82, 2.24) is 30.0 Å². The maximum Gasteiger partial charge on any atom is 0.345 e. The molecule has 33 heavy (non-hydrogen) atoms. The van der Waals surface area contributed by atoms with E-state index in [4.69, 9.17) is 4.74 Å². The van der Waals surface area contributed by atoms with Crippen LogP contribution in [0.1, 0.15) is 40.0 Å². The van der Waals surface area contributed by atoms with Gasteiger partial charge in [-0.3, -0.25) is 19.7 Å². The van der Waals surface area contributed by atoms with Crippen LogP contribution in [-0.2, 0) is 16.1 Å². The molecule has 0 saturated carbocycles. The molecule has 1 aromatic heterocycles. The number of methoxy groups -OCH3 is 1. The maximum absolute atomic E-state index is 13.2. The monoisotopic (exact) mass is 457 g/mol. The minimum absolute atomic E-state index is 0.0397. The molecule has 2 aliphatic heterocycles. The molecule has 3 heterocycles. The van der Waals surface area contributed by atoms with E-state index in [2.05, 4.69) is 15.5 Å². The van der Waals surface area contributed by atoms with Crippen molar-refractivity contribution in [2.45, 2.75) is 25.8 Å². The van der Waals surface area contributed by atoms with E-state index in [1.54, 1.807) is 9.80 Å². The first-order valence-corrected chi connectivity index (χ1v) is 10.5. The lowest BCUT2D eigenvalue weighted by molar-refractivity contribution is -0.385. The number of ether oxygens (including phenoxy) is 1. The van der Waals surface area contributed by atoms with E-state index in [-0.39, 0.29) is 29.0 Å². The quantitative estimate of drug-likeness (QED) is 0.355. The van der Waals surface area contributed by atoms with Gasteiger partial charge in [0.05, 0.1) is 17.6 Å². The number of nitro benzene ring substituents is 1. The van der Waals surface area contributed by atoms with E-state index >= 15 is 0 Å². The summed E-state index contributed by atoms with van der Waals surface area (Å²) in [7, 11) is 1.12. The Bertz CT molecular complexity index is 1080. The molecule has 13 heteroatoms. The highest BCUT2D eigenvalue weighted by molar-refractivity contribution is 6.08. The van der Waals surface area contributed by atoms with E-state index in [1.165, 1.54) is 29.2 Å². The number of piperidine rings is 1. The minimum Gasteiger partial charge on any atom is -0.465 e. The van der Waals surface area contributed by atoms with Gasteiger partial charge in [-0.25, -0.2) is 9.48 Å². The summed E-state index contributed by atoms with van der Waals surface area (Å²) in [6.45, 7) is 2.14. The molecule has 0 atom stereocenters. The van der Waals surface area contributed by atoms with Gasteiger partial charge >= 0.3 is 5.97 Å². The molecule has 4 rings (SSSR count). The predicted molar refractivity (Wildman–Crippen MR) is 111 cm³/mol. The van der Waals surface area contributed by atoms with Gasteiger partial charge < -0.3 is 14.5 Å². The fraction of sp³-hybridized carbons (Fsp3) is 0.500. The van der Waals surface area contributed by atoms with Crippen LogP contribution in [0, 0.1) is 15.5 Å². The summed E-state index contributed by atoms with van der Waals surface area (Å²) in [4.78, 5) is 52.1. The summed E-state index contributed by atoms with van der Waals surface area (Å²) in [6.07, 6.45) is 3.62. The van der Waals surface area contributed by atoms with Crippen molar-refractivity contribution in [3.63, 3.8) is 0 Å². The third-order valence-electron chi connectivity index (χ3n) is 6.45. The summed E-state index contributed by atoms with van der Waals surface area (Å²) < 4.78 is 6.07. The molecule has 13 nitrogen and oxygen atoms in total. The number of rotatable bonds is 5. The van der Waals surface area contributed by atoms with Crippen molar-refractivity contribution in [1.29, 1.82) is 0 Å². The van der Waals surface area contributed by atoms with Crippen LogP contribution < -0.4 is 0 Å². The Balaban J connectivity index is 1.44. The van der Waals surface area contributed by atoms with Gasteiger partial charge in [-0.1, -0.05) is 6.07 Å². The Morgan fingerprint density at radius 2 is 1.85 bits per heavy atom. The highest BCUT2D eigenvalue weighted by Gasteiger charge is 2.43. The fourth-order valence-corrected chi connectivity index (χ4v) is 4.60. The van der Waals surface area contributed by atoms with Crippen LogP contribution in [0.3, 0.4) is 0 Å². The number of nitro groups is 1. The van der Waals surface area contributed by atoms with Crippen LogP contribution in [0.4, 0.5) is 5.69 Å². The van der Waals surface area contributed by atoms with E-state index in [9.17, 15) is 24.5 Å². The van der Waals surface area contributed by atoms with Gasteiger partial charge in [0.1, 0.15) is 18.4 Å². The van der Waals surface area contributed by atoms with Crippen LogP contribution in [0.5, 0.6) is 0 Å². The van der Waals surface area contributed by atoms with Gasteiger partial charge in [0.15, 0.2) is 0 Å². The number of hydrogen-bond acceptors (Lipinski definition) is 9. The van der Waals surface area contributed by atoms with Crippen LogP contribution >= 0.6 is 0 Å². The largest absolute Gasteiger partial charge is 0.465 e. The second-order valence-electron chi connectivity index (χ2n) is 8.31. The highest BCUT2D eigenvalue weighted by Crippen LogP contribution is 2.41. The van der Waals surface area contributed by atoms with E-state index < -0.39 is 22.5 Å². The molecule has 0 aliphatic carbocycles. The number of aromatic nitrogens is 4. The van der Waals surface area contributed by atoms with Crippen LogP contribution in [0.15, 0.2) is 24.5 Å². The summed E-state index contributed by atoms with van der Waals surface area (Å²) >= 11 is 0. The zero-order valence-electron chi connectivity index (χ0n) is 18.0. The topological polar surface area (TPSA) is 154 Å². The lowest BCUT2D eigenvalue weighted by atomic mass is 9.77. The number of carbonyl (C=O) groups is 3. The van der Waals surface area contributed by atoms with Gasteiger partial charge in [0, 0.05) is 32.2 Å². The molecule has 2 aromatic rings. The third-order valence-corrected chi connectivity index (χ3v) is 6.45. The molecule has 0 radical (unpaired) electrons. The first kappa shape index (κ1) is 22.3. The van der Waals surface area contributed by atoms with Crippen molar-refractivity contribution < 1.29 is 24.0 Å². The first-order valence-electron chi connectivity index (χ1n) is 10.5. The normalized spacial score (nSPS) is 17.2. The molecule has 0 bridgehead atoms. The molecule has 2 aliphatic rings. The molecule has 0 N–H and O–H groups in total. The number of esters is 1. The molecule has 2 saturated heterocycles. The molecule has 2 amide bonds. The van der Waals surface area contributed by atoms with Gasteiger partial charge in [0.2, 0.25) is 5.91 Å². The van der Waals surface area contributed by atoms with Crippen molar-refractivity contribution in [3.8, 4) is 0 Å². The second kappa shape index (κ2) is 8.92. The standard InChI is InChI=1S/C20H23N7O6/c1-33-19(30)17-14(3-2-4-15(17)27(31)32)18(29)25-10-7-20(12-25)5-8-24(9-6-20)16(28)11-26-13-21-22-23-26/h2-4,13H,5-12H2,1H3. The fourth-order valence-electron chi connectivity index (χ4n) is 4.60. The second-order valence-corrected chi connectivity index (χ2v) is 8.31. The molecule has 0 unspecified atom stereocenters. The van der Waals surface area contributed by atoms with Crippen molar-refractivity contribution in [2.75, 3.05) is 33.3 Å². The lowest BCUT2D eigenvalue weighted by Gasteiger charge is -2.39. The number of likely N-dealkylation sites (tertiary alicyclic amines) is 2. The van der Waals surface area contributed by atoms with Crippen molar-refractivity contribution in [3.05, 3.63) is 45.8 Å². The lowest BCUT2D eigenvalue weighted by Crippen LogP contribution is -2.45. The summed E-state index contributed by atoms with van der Waals surface area (Å²) in [5.41, 5.74) is -0.968. The third kappa shape index (κ3) is 4.38. The predicted octanol–water partition coefficient (Wildman–Crippen LogP) is 0.523. The highest BCUT2D eigenvalue weighted by atomic mass is 16.6. The molecule has 2 fully saturated rings. The van der Waals surface area contributed by atoms with Gasteiger partial charge in [-0.05, 0) is 41.2 Å². The molecular formula is C20H23N7O6. The molecule has 1 aromatic carbocycles. The maximum atomic E-state index is 13.2. The summed E-state index contributed by atoms with van der Waals surface area (Å²) in [5.74, 6) is -1.43. The van der Waals surface area contributed by atoms with Crippen molar-refractivity contribution >= 4 is 23.5 Å². The Labute approximate surface area is 188 Å². The van der Waals surface area contributed by atoms with E-state index in [0.29, 0.717) is 26.2 Å². The summed E-state index contributed by atoms with van der Waals surface area (Å²) in [5, 5.41) is 22.2. The first-order chi connectivity index (χ1) is 15.8. The SMILES string of the molecule is COC(=O)c1c(C(=O)N2CCC3(CCN(C(=O)Cn4cnnn4)CC3)C2)cccc1[N+](=O)[O-]. The number of tetrazole rings is 1. The van der Waals surface area contributed by atoms with Gasteiger partial charge in [-0.2, -0.15) is 0 Å². The van der Waals surface area contributed by atoms with Crippen LogP contribution in [0.2, 0.25) is 0 Å². The Hall–Kier alpha value is -3.90. The Kier molecular flexibility index (Phi) is 6.03. The molecular weight excluding hydrogens is 434 g/mol. The minimum atomic E-state index is -0.922. The number of hydrogen-bond donors (Lipinski definition) is 0. The number of carbonyl (C=O) groups excluding carboxylic acids is 3. The Morgan fingerprint density at radius 3 is 2.45 bits per heavy atom. The van der Waals surface area contributed by atoms with E-state index in [0.717, 1.165) is 26.4 Å².